The molecule has 4 heterocycles. The average molecular weight is 976 g/mol. The Kier molecular flexibility index (Phi) is 12.3. The van der Waals surface area contributed by atoms with Gasteiger partial charge >= 0.3 is 0 Å². The summed E-state index contributed by atoms with van der Waals surface area (Å²) >= 11 is 0. The largest absolute Gasteiger partial charge is 0.394 e. The molecule has 1 fully saturated rings. The molecule has 14 heteroatoms. The minimum Gasteiger partial charge on any atom is -0.394 e. The molecule has 10 nitrogen and oxygen atoms in total. The number of carbonyl (C=O) groups excluding carboxylic acids is 2. The van der Waals surface area contributed by atoms with Crippen molar-refractivity contribution in [2.45, 2.75) is 83.2 Å². The highest BCUT2D eigenvalue weighted by atomic mass is 19.2. The van der Waals surface area contributed by atoms with E-state index in [-0.39, 0.29) is 86.5 Å². The molecule has 2 N–H and O–H groups in total. The quantitative estimate of drug-likeness (QED) is 0.0873. The van der Waals surface area contributed by atoms with E-state index in [9.17, 15) is 5.11 Å². The number of aliphatic hydroxyl groups is 1. The van der Waals surface area contributed by atoms with Crippen molar-refractivity contribution in [2.75, 3.05) is 6.61 Å². The van der Waals surface area contributed by atoms with Gasteiger partial charge in [-0.3, -0.25) is 14.5 Å². The third-order valence-electron chi connectivity index (χ3n) is 13.8. The number of amides is 2. The van der Waals surface area contributed by atoms with E-state index in [4.69, 9.17) is 18.9 Å². The van der Waals surface area contributed by atoms with Gasteiger partial charge in [-0.15, -0.1) is 0 Å². The summed E-state index contributed by atoms with van der Waals surface area (Å²) in [7, 11) is 0. The number of imide groups is 1. The molecule has 0 aliphatic carbocycles. The Morgan fingerprint density at radius 3 is 1.65 bits per heavy atom. The van der Waals surface area contributed by atoms with Gasteiger partial charge in [-0.05, 0) is 45.4 Å². The Hall–Kier alpha value is -7.20. The molecule has 0 bridgehead atoms. The first-order valence-corrected chi connectivity index (χ1v) is 23.8. The van der Waals surface area contributed by atoms with Gasteiger partial charge in [-0.1, -0.05) is 136 Å². The molecular weight excluding hydrogens is 927 g/mol. The maximum atomic E-state index is 16.1. The van der Waals surface area contributed by atoms with Gasteiger partial charge in [0, 0.05) is 39.2 Å². The number of rotatable bonds is 13. The number of nitrogens with one attached hydrogen (secondary N) is 1. The number of nitrogens with zero attached hydrogens (tertiary/aromatic N) is 2. The number of ether oxygens (including phenoxy) is 4. The lowest BCUT2D eigenvalue weighted by atomic mass is 9.87. The van der Waals surface area contributed by atoms with E-state index < -0.39 is 72.3 Å². The lowest BCUT2D eigenvalue weighted by Gasteiger charge is -2.46. The molecule has 9 aromatic rings. The van der Waals surface area contributed by atoms with Crippen LogP contribution in [0.5, 0.6) is 0 Å². The fraction of sp³-hybridized carbons (Fsp3) is 0.241. The van der Waals surface area contributed by atoms with Crippen molar-refractivity contribution in [1.82, 2.24) is 14.5 Å². The van der Waals surface area contributed by atoms with Crippen LogP contribution in [-0.2, 0) is 50.7 Å². The number of aromatic nitrogens is 2. The standard InChI is InChI=1S/C58H49F4N3O7/c1-58(2,3)36-21-19-32(20-22-36)27-64-55(67)48-46-37-23-39(59)41(61)25-43(37)63-50(46)51-47(49(48)56(64)68)38-24-40(60)42(62)26-44(38)65(51)57-54(71-31-35-17-11-6-12-18-35)53(70-30-34-15-9-5-10-16-34)52(45(28-66)72-57)69-29-33-13-7-4-8-14-33/h4-26,45,52-54,57,63,66H,27-31H2,1-3H3/t45-,52-,53+,54-,57?/m1/s1. The van der Waals surface area contributed by atoms with Crippen LogP contribution in [0.4, 0.5) is 17.6 Å². The summed E-state index contributed by atoms with van der Waals surface area (Å²) in [6.45, 7) is 5.61. The Bertz CT molecular complexity index is 3520. The molecule has 7 aromatic carbocycles. The average Bonchev–Trinajstić information content (AvgIpc) is 3.98. The Labute approximate surface area is 411 Å². The smallest absolute Gasteiger partial charge is 0.262 e. The Morgan fingerprint density at radius 1 is 0.597 bits per heavy atom. The van der Waals surface area contributed by atoms with E-state index in [1.54, 1.807) is 4.57 Å². The highest BCUT2D eigenvalue weighted by Crippen LogP contribution is 2.49. The fourth-order valence-electron chi connectivity index (χ4n) is 10.3. The number of benzene rings is 7. The minimum atomic E-state index is -1.39. The van der Waals surface area contributed by atoms with Crippen LogP contribution >= 0.6 is 0 Å². The number of aliphatic hydroxyl groups excluding tert-OH is 1. The van der Waals surface area contributed by atoms with Gasteiger partial charge in [0.2, 0.25) is 0 Å². The van der Waals surface area contributed by atoms with Gasteiger partial charge in [0.1, 0.15) is 24.4 Å². The highest BCUT2D eigenvalue weighted by molar-refractivity contribution is 6.39. The zero-order chi connectivity index (χ0) is 50.0. The molecule has 1 saturated heterocycles. The zero-order valence-electron chi connectivity index (χ0n) is 39.5. The van der Waals surface area contributed by atoms with Crippen LogP contribution in [0, 0.1) is 23.3 Å². The van der Waals surface area contributed by atoms with Crippen LogP contribution in [0.2, 0.25) is 0 Å². The van der Waals surface area contributed by atoms with Crippen LogP contribution in [-0.4, -0.2) is 62.4 Å². The van der Waals surface area contributed by atoms with Gasteiger partial charge in [0.25, 0.3) is 11.8 Å². The maximum absolute atomic E-state index is 16.1. The summed E-state index contributed by atoms with van der Waals surface area (Å²) in [4.78, 5) is 34.5. The monoisotopic (exact) mass is 975 g/mol. The molecule has 0 radical (unpaired) electrons. The van der Waals surface area contributed by atoms with Crippen molar-refractivity contribution >= 4 is 55.4 Å². The summed E-state index contributed by atoms with van der Waals surface area (Å²) in [5.74, 6) is -6.31. The second kappa shape index (κ2) is 18.8. The van der Waals surface area contributed by atoms with Crippen molar-refractivity contribution in [3.63, 3.8) is 0 Å². The molecule has 1 unspecified atom stereocenters. The van der Waals surface area contributed by atoms with E-state index >= 15 is 27.2 Å². The van der Waals surface area contributed by atoms with Gasteiger partial charge in [-0.25, -0.2) is 17.6 Å². The molecule has 11 rings (SSSR count). The Balaban J connectivity index is 1.16. The lowest BCUT2D eigenvalue weighted by Crippen LogP contribution is -2.59. The first-order chi connectivity index (χ1) is 34.8. The van der Waals surface area contributed by atoms with Crippen molar-refractivity contribution in [1.29, 1.82) is 0 Å². The van der Waals surface area contributed by atoms with Gasteiger partial charge in [0.05, 0.1) is 60.6 Å². The number of H-pyrrole nitrogens is 1. The molecule has 2 amide bonds. The molecule has 2 aromatic heterocycles. The molecular formula is C58H49F4N3O7. The van der Waals surface area contributed by atoms with Crippen molar-refractivity contribution in [2.24, 2.45) is 0 Å². The van der Waals surface area contributed by atoms with Crippen molar-refractivity contribution in [3.8, 4) is 0 Å². The van der Waals surface area contributed by atoms with Crippen LogP contribution in [0.25, 0.3) is 43.6 Å². The first kappa shape index (κ1) is 47.1. The molecule has 0 saturated carbocycles. The van der Waals surface area contributed by atoms with E-state index in [1.165, 1.54) is 0 Å². The van der Waals surface area contributed by atoms with Crippen LogP contribution < -0.4 is 0 Å². The minimum absolute atomic E-state index is 0.000311. The molecule has 0 spiro atoms. The van der Waals surface area contributed by atoms with E-state index in [2.05, 4.69) is 25.8 Å². The SMILES string of the molecule is CC(C)(C)c1ccc(CN2C(=O)c3c(c4c5cc(F)c(F)cc5n(C5O[C@H](CO)[C@@H](OCc6ccccc6)[C@H](OCc6ccccc6)[C@H]5OCc5ccccc5)c4c4[nH]c5cc(F)c(F)cc5c34)C2=O)cc1. The molecule has 2 aliphatic heterocycles. The lowest BCUT2D eigenvalue weighted by molar-refractivity contribution is -0.286. The second-order valence-electron chi connectivity index (χ2n) is 19.5. The number of aromatic amines is 1. The summed E-state index contributed by atoms with van der Waals surface area (Å²) < 4.78 is 91.7. The molecule has 72 heavy (non-hydrogen) atoms. The van der Waals surface area contributed by atoms with Crippen LogP contribution in [0.3, 0.4) is 0 Å². The summed E-state index contributed by atoms with van der Waals surface area (Å²) in [5.41, 5.74) is 3.98. The molecule has 366 valence electrons. The predicted octanol–water partition coefficient (Wildman–Crippen LogP) is 11.7. The van der Waals surface area contributed by atoms with Gasteiger partial charge in [0.15, 0.2) is 29.5 Å². The predicted molar refractivity (Wildman–Crippen MR) is 264 cm³/mol. The maximum Gasteiger partial charge on any atom is 0.262 e. The third-order valence-corrected chi connectivity index (χ3v) is 13.8. The number of hydrogen-bond donors (Lipinski definition) is 2. The fourth-order valence-corrected chi connectivity index (χ4v) is 10.3. The van der Waals surface area contributed by atoms with Crippen molar-refractivity contribution < 1.29 is 51.2 Å². The molecule has 2 aliphatic rings. The van der Waals surface area contributed by atoms with E-state index in [0.717, 1.165) is 51.4 Å². The van der Waals surface area contributed by atoms with E-state index in [0.29, 0.717) is 5.56 Å². The van der Waals surface area contributed by atoms with Crippen LogP contribution in [0.1, 0.15) is 75.5 Å². The number of fused-ring (bicyclic) bond motifs is 10. The van der Waals surface area contributed by atoms with Gasteiger partial charge in [-0.2, -0.15) is 0 Å². The number of hydrogen-bond acceptors (Lipinski definition) is 7. The third kappa shape index (κ3) is 8.32. The zero-order valence-corrected chi connectivity index (χ0v) is 39.5. The summed E-state index contributed by atoms with van der Waals surface area (Å²) in [6, 6.07) is 39.6. The first-order valence-electron chi connectivity index (χ1n) is 23.8. The number of halogens is 4. The van der Waals surface area contributed by atoms with Gasteiger partial charge < -0.3 is 33.6 Å². The normalized spacial score (nSPS) is 19.4. The molecule has 5 atom stereocenters. The number of carbonyl (C=O) groups is 2. The second-order valence-corrected chi connectivity index (χ2v) is 19.5. The Morgan fingerprint density at radius 2 is 1.10 bits per heavy atom. The highest BCUT2D eigenvalue weighted by Gasteiger charge is 2.51. The topological polar surface area (TPSA) is 115 Å². The summed E-state index contributed by atoms with van der Waals surface area (Å²) in [5, 5.41) is 11.6. The van der Waals surface area contributed by atoms with Crippen LogP contribution in [0.15, 0.2) is 140 Å². The summed E-state index contributed by atoms with van der Waals surface area (Å²) in [6.07, 6.45) is -5.76. The van der Waals surface area contributed by atoms with E-state index in [1.807, 2.05) is 115 Å². The van der Waals surface area contributed by atoms with Crippen molar-refractivity contribution in [3.05, 3.63) is 202 Å².